The van der Waals surface area contributed by atoms with E-state index in [-0.39, 0.29) is 5.69 Å². The van der Waals surface area contributed by atoms with Crippen molar-refractivity contribution in [3.8, 4) is 0 Å². The maximum atomic E-state index is 11.1. The summed E-state index contributed by atoms with van der Waals surface area (Å²) in [6.45, 7) is 2.18. The number of hydrogen-bond donors (Lipinski definition) is 1. The first-order valence-corrected chi connectivity index (χ1v) is 5.88. The number of amides is 1. The molecule has 7 heteroatoms. The van der Waals surface area contributed by atoms with Crippen LogP contribution in [0.15, 0.2) is 18.2 Å². The van der Waals surface area contributed by atoms with E-state index >= 15 is 0 Å². The first-order chi connectivity index (χ1) is 8.49. The molecule has 0 aliphatic rings. The summed E-state index contributed by atoms with van der Waals surface area (Å²) in [5, 5.41) is 8.57. The third-order valence-electron chi connectivity index (χ3n) is 2.53. The van der Waals surface area contributed by atoms with Gasteiger partial charge in [0.25, 0.3) is 5.91 Å². The molecule has 0 radical (unpaired) electrons. The lowest BCUT2D eigenvalue weighted by Crippen LogP contribution is -2.13. The Labute approximate surface area is 113 Å². The second-order valence-electron chi connectivity index (χ2n) is 3.79. The normalized spacial score (nSPS) is 10.6. The lowest BCUT2D eigenvalue weighted by molar-refractivity contribution is 0.0995. The van der Waals surface area contributed by atoms with Gasteiger partial charge < -0.3 is 5.73 Å². The van der Waals surface area contributed by atoms with Crippen molar-refractivity contribution in [1.82, 2.24) is 15.0 Å². The van der Waals surface area contributed by atoms with Crippen molar-refractivity contribution >= 4 is 29.1 Å². The fourth-order valence-corrected chi connectivity index (χ4v) is 1.87. The van der Waals surface area contributed by atoms with Crippen molar-refractivity contribution in [3.63, 3.8) is 0 Å². The van der Waals surface area contributed by atoms with Crippen molar-refractivity contribution in [3.05, 3.63) is 45.2 Å². The summed E-state index contributed by atoms with van der Waals surface area (Å²) in [6, 6.07) is 5.29. The van der Waals surface area contributed by atoms with Crippen molar-refractivity contribution < 1.29 is 4.79 Å². The van der Waals surface area contributed by atoms with Crippen LogP contribution in [0.25, 0.3) is 0 Å². The number of halogens is 2. The second kappa shape index (κ2) is 4.96. The third kappa shape index (κ3) is 2.47. The number of benzene rings is 1. The molecule has 0 aliphatic carbocycles. The molecule has 2 rings (SSSR count). The lowest BCUT2D eigenvalue weighted by Gasteiger charge is -2.05. The molecule has 5 nitrogen and oxygen atoms in total. The van der Waals surface area contributed by atoms with Crippen molar-refractivity contribution in [2.45, 2.75) is 13.5 Å². The monoisotopic (exact) mass is 284 g/mol. The predicted molar refractivity (Wildman–Crippen MR) is 68.8 cm³/mol. The zero-order chi connectivity index (χ0) is 13.3. The molecule has 0 saturated heterocycles. The molecule has 2 N–H and O–H groups in total. The molecule has 0 atom stereocenters. The van der Waals surface area contributed by atoms with Gasteiger partial charge in [-0.1, -0.05) is 34.5 Å². The maximum absolute atomic E-state index is 11.1. The minimum atomic E-state index is -0.590. The fourth-order valence-electron chi connectivity index (χ4n) is 1.55. The van der Waals surface area contributed by atoms with Crippen molar-refractivity contribution in [2.75, 3.05) is 0 Å². The van der Waals surface area contributed by atoms with Crippen molar-refractivity contribution in [1.29, 1.82) is 0 Å². The van der Waals surface area contributed by atoms with E-state index in [0.717, 1.165) is 5.56 Å². The van der Waals surface area contributed by atoms with Crippen LogP contribution in [0, 0.1) is 6.92 Å². The van der Waals surface area contributed by atoms with E-state index in [4.69, 9.17) is 28.9 Å². The number of carbonyl (C=O) groups is 1. The highest BCUT2D eigenvalue weighted by Crippen LogP contribution is 2.23. The Morgan fingerprint density at radius 1 is 1.39 bits per heavy atom. The summed E-state index contributed by atoms with van der Waals surface area (Å²) >= 11 is 11.8. The molecule has 0 aliphatic heterocycles. The van der Waals surface area contributed by atoms with Gasteiger partial charge in [0.15, 0.2) is 5.69 Å². The number of nitrogens with zero attached hydrogens (tertiary/aromatic N) is 3. The first-order valence-electron chi connectivity index (χ1n) is 5.13. The van der Waals surface area contributed by atoms with Crippen molar-refractivity contribution in [2.24, 2.45) is 5.73 Å². The molecular formula is C11H10Cl2N4O. The van der Waals surface area contributed by atoms with Crippen LogP contribution in [-0.4, -0.2) is 20.9 Å². The quantitative estimate of drug-likeness (QED) is 0.937. The molecule has 0 fully saturated rings. The minimum absolute atomic E-state index is 0.176. The largest absolute Gasteiger partial charge is 0.364 e. The molecule has 0 saturated carbocycles. The molecule has 1 heterocycles. The lowest BCUT2D eigenvalue weighted by atomic mass is 10.2. The zero-order valence-electron chi connectivity index (χ0n) is 9.52. The third-order valence-corrected chi connectivity index (χ3v) is 3.27. The Balaban J connectivity index is 2.29. The van der Waals surface area contributed by atoms with Gasteiger partial charge in [-0.3, -0.25) is 4.79 Å². The van der Waals surface area contributed by atoms with Crippen LogP contribution in [0.3, 0.4) is 0 Å². The molecule has 94 valence electrons. The molecule has 0 bridgehead atoms. The molecule has 0 spiro atoms. The van der Waals surface area contributed by atoms with Crippen LogP contribution in [0.4, 0.5) is 0 Å². The van der Waals surface area contributed by atoms with E-state index in [1.54, 1.807) is 23.7 Å². The Kier molecular flexibility index (Phi) is 3.54. The average molecular weight is 285 g/mol. The molecule has 1 amide bonds. The van der Waals surface area contributed by atoms with Gasteiger partial charge in [-0.2, -0.15) is 0 Å². The van der Waals surface area contributed by atoms with Gasteiger partial charge >= 0.3 is 0 Å². The smallest absolute Gasteiger partial charge is 0.271 e. The summed E-state index contributed by atoms with van der Waals surface area (Å²) < 4.78 is 1.58. The fraction of sp³-hybridized carbons (Fsp3) is 0.182. The summed E-state index contributed by atoms with van der Waals surface area (Å²) in [5.41, 5.74) is 6.88. The number of nitrogens with two attached hydrogens (primary N) is 1. The zero-order valence-corrected chi connectivity index (χ0v) is 11.0. The highest BCUT2D eigenvalue weighted by molar-refractivity contribution is 6.42. The Hall–Kier alpha value is -1.59. The number of primary amides is 1. The van der Waals surface area contributed by atoms with E-state index in [9.17, 15) is 4.79 Å². The van der Waals surface area contributed by atoms with Gasteiger partial charge in [-0.25, -0.2) is 4.68 Å². The molecule has 1 aromatic carbocycles. The van der Waals surface area contributed by atoms with Gasteiger partial charge in [-0.05, 0) is 24.6 Å². The number of rotatable bonds is 3. The van der Waals surface area contributed by atoms with Gasteiger partial charge in [0, 0.05) is 0 Å². The Morgan fingerprint density at radius 3 is 2.67 bits per heavy atom. The van der Waals surface area contributed by atoms with Crippen LogP contribution in [0.5, 0.6) is 0 Å². The molecule has 18 heavy (non-hydrogen) atoms. The standard InChI is InChI=1S/C11H10Cl2N4O/c1-6-10(11(14)18)15-16-17(6)5-7-2-3-8(12)9(13)4-7/h2-4H,5H2,1H3,(H2,14,18). The van der Waals surface area contributed by atoms with Crippen LogP contribution in [0.2, 0.25) is 10.0 Å². The number of hydrogen-bond acceptors (Lipinski definition) is 3. The van der Waals surface area contributed by atoms with E-state index < -0.39 is 5.91 Å². The molecule has 2 aromatic rings. The predicted octanol–water partition coefficient (Wildman–Crippen LogP) is 2.04. The van der Waals surface area contributed by atoms with E-state index in [1.165, 1.54) is 0 Å². The van der Waals surface area contributed by atoms with Crippen LogP contribution in [0.1, 0.15) is 21.7 Å². The van der Waals surface area contributed by atoms with Gasteiger partial charge in [0.05, 0.1) is 22.3 Å². The van der Waals surface area contributed by atoms with Gasteiger partial charge in [0.2, 0.25) is 0 Å². The Morgan fingerprint density at radius 2 is 2.11 bits per heavy atom. The Bertz CT molecular complexity index is 609. The average Bonchev–Trinajstić information content (AvgIpc) is 2.66. The highest BCUT2D eigenvalue weighted by Gasteiger charge is 2.13. The van der Waals surface area contributed by atoms with E-state index in [0.29, 0.717) is 22.3 Å². The summed E-state index contributed by atoms with van der Waals surface area (Å²) in [6.07, 6.45) is 0. The highest BCUT2D eigenvalue weighted by atomic mass is 35.5. The number of aromatic nitrogens is 3. The summed E-state index contributed by atoms with van der Waals surface area (Å²) in [7, 11) is 0. The first kappa shape index (κ1) is 12.9. The SMILES string of the molecule is Cc1c(C(N)=O)nnn1Cc1ccc(Cl)c(Cl)c1. The van der Waals surface area contributed by atoms with Crippen LogP contribution < -0.4 is 5.73 Å². The van der Waals surface area contributed by atoms with Crippen LogP contribution >= 0.6 is 23.2 Å². The molecule has 1 aromatic heterocycles. The molecule has 0 unspecified atom stereocenters. The maximum Gasteiger partial charge on any atom is 0.271 e. The second-order valence-corrected chi connectivity index (χ2v) is 4.61. The topological polar surface area (TPSA) is 73.8 Å². The van der Waals surface area contributed by atoms with Gasteiger partial charge in [-0.15, -0.1) is 5.10 Å². The minimum Gasteiger partial charge on any atom is -0.364 e. The van der Waals surface area contributed by atoms with E-state index in [1.807, 2.05) is 6.07 Å². The molecular weight excluding hydrogens is 275 g/mol. The summed E-state index contributed by atoms with van der Waals surface area (Å²) in [5.74, 6) is -0.590. The van der Waals surface area contributed by atoms with E-state index in [2.05, 4.69) is 10.3 Å². The van der Waals surface area contributed by atoms with Crippen LogP contribution in [-0.2, 0) is 6.54 Å². The number of carbonyl (C=O) groups excluding carboxylic acids is 1. The summed E-state index contributed by atoms with van der Waals surface area (Å²) in [4.78, 5) is 11.1. The van der Waals surface area contributed by atoms with Gasteiger partial charge in [0.1, 0.15) is 0 Å².